The van der Waals surface area contributed by atoms with E-state index in [-0.39, 0.29) is 36.8 Å². The Kier molecular flexibility index (Phi) is 5.51. The van der Waals surface area contributed by atoms with Crippen LogP contribution in [-0.4, -0.2) is 47.4 Å². The third-order valence-electron chi connectivity index (χ3n) is 3.56. The Morgan fingerprint density at radius 2 is 1.92 bits per heavy atom. The van der Waals surface area contributed by atoms with Gasteiger partial charge in [-0.3, -0.25) is 24.1 Å². The number of carboxylic acid groups (broad SMARTS) is 1. The van der Waals surface area contributed by atoms with Crippen molar-refractivity contribution in [2.75, 3.05) is 13.7 Å². The van der Waals surface area contributed by atoms with Gasteiger partial charge in [-0.2, -0.15) is 0 Å². The van der Waals surface area contributed by atoms with Gasteiger partial charge >= 0.3 is 11.9 Å². The van der Waals surface area contributed by atoms with E-state index in [0.29, 0.717) is 6.42 Å². The normalized spacial score (nSPS) is 19.9. The molecule has 2 amide bonds. The predicted molar refractivity (Wildman–Crippen MR) is 80.1 cm³/mol. The van der Waals surface area contributed by atoms with Gasteiger partial charge in [0.2, 0.25) is 0 Å². The second-order valence-electron chi connectivity index (χ2n) is 5.28. The highest BCUT2D eigenvalue weighted by Gasteiger charge is 2.25. The number of hydrogen-bond acceptors (Lipinski definition) is 6. The summed E-state index contributed by atoms with van der Waals surface area (Å²) in [5.41, 5.74) is 0. The number of ether oxygens (including phenoxy) is 2. The molecule has 8 heteroatoms. The van der Waals surface area contributed by atoms with Gasteiger partial charge in [0, 0.05) is 18.7 Å². The molecule has 1 aliphatic heterocycles. The van der Waals surface area contributed by atoms with Crippen LogP contribution in [-0.2, 0) is 28.7 Å². The summed E-state index contributed by atoms with van der Waals surface area (Å²) < 4.78 is 10.3. The number of rotatable bonds is 7. The number of amides is 2. The smallest absolute Gasteiger partial charge is 0.313 e. The molecule has 24 heavy (non-hydrogen) atoms. The molecule has 0 saturated carbocycles. The van der Waals surface area contributed by atoms with Crippen LogP contribution in [0.4, 0.5) is 0 Å². The second-order valence-corrected chi connectivity index (χ2v) is 5.28. The van der Waals surface area contributed by atoms with E-state index in [1.807, 2.05) is 0 Å². The molecule has 1 atom stereocenters. The molecule has 128 valence electrons. The molecule has 8 nitrogen and oxygen atoms in total. The molecule has 0 aromatic carbocycles. The highest BCUT2D eigenvalue weighted by Crippen LogP contribution is 2.26. The zero-order chi connectivity index (χ0) is 17.7. The van der Waals surface area contributed by atoms with Gasteiger partial charge in [0.1, 0.15) is 0 Å². The maximum Gasteiger partial charge on any atom is 0.313 e. The number of allylic oxidation sites excluding steroid dienone is 2. The van der Waals surface area contributed by atoms with E-state index in [2.05, 4.69) is 0 Å². The van der Waals surface area contributed by atoms with E-state index in [1.54, 1.807) is 12.2 Å². The van der Waals surface area contributed by atoms with Crippen molar-refractivity contribution < 1.29 is 33.8 Å². The molecule has 2 aliphatic rings. The molecular weight excluding hydrogens is 318 g/mol. The van der Waals surface area contributed by atoms with E-state index < -0.39 is 23.8 Å². The van der Waals surface area contributed by atoms with Crippen molar-refractivity contribution in [3.8, 4) is 0 Å². The Morgan fingerprint density at radius 1 is 1.25 bits per heavy atom. The summed E-state index contributed by atoms with van der Waals surface area (Å²) in [7, 11) is 1.39. The quantitative estimate of drug-likeness (QED) is 0.540. The molecule has 0 saturated heterocycles. The van der Waals surface area contributed by atoms with Crippen molar-refractivity contribution in [1.29, 1.82) is 0 Å². The summed E-state index contributed by atoms with van der Waals surface area (Å²) in [6.07, 6.45) is 5.71. The lowest BCUT2D eigenvalue weighted by atomic mass is 9.96. The first-order valence-electron chi connectivity index (χ1n) is 7.33. The van der Waals surface area contributed by atoms with Crippen molar-refractivity contribution in [2.45, 2.75) is 19.3 Å². The lowest BCUT2D eigenvalue weighted by Crippen LogP contribution is -2.32. The standard InChI is InChI=1S/C16H17NO7/c1-23-12-8-10(9-15(20)21)2-3-11(12)24-16(22)6-7-17-13(18)4-5-14(17)19/h3-5,8,10H,2,6-7,9H2,1H3,(H,20,21). The van der Waals surface area contributed by atoms with Gasteiger partial charge in [-0.15, -0.1) is 0 Å². The molecule has 2 rings (SSSR count). The number of nitrogens with zero attached hydrogens (tertiary/aromatic N) is 1. The van der Waals surface area contributed by atoms with Gasteiger partial charge in [0.25, 0.3) is 11.8 Å². The van der Waals surface area contributed by atoms with Crippen LogP contribution in [0.15, 0.2) is 35.8 Å². The minimum atomic E-state index is -0.922. The summed E-state index contributed by atoms with van der Waals surface area (Å²) in [4.78, 5) is 46.4. The van der Waals surface area contributed by atoms with Gasteiger partial charge in [0.15, 0.2) is 11.5 Å². The van der Waals surface area contributed by atoms with Gasteiger partial charge in [0.05, 0.1) is 20.0 Å². The minimum absolute atomic E-state index is 0.0449. The topological polar surface area (TPSA) is 110 Å². The van der Waals surface area contributed by atoms with Crippen molar-refractivity contribution in [1.82, 2.24) is 4.90 Å². The molecule has 1 heterocycles. The zero-order valence-corrected chi connectivity index (χ0v) is 13.1. The van der Waals surface area contributed by atoms with E-state index in [1.165, 1.54) is 7.11 Å². The molecule has 1 N–H and O–H groups in total. The van der Waals surface area contributed by atoms with E-state index >= 15 is 0 Å². The average molecular weight is 335 g/mol. The first-order valence-corrected chi connectivity index (χ1v) is 7.33. The second kappa shape index (κ2) is 7.58. The van der Waals surface area contributed by atoms with Crippen LogP contribution >= 0.6 is 0 Å². The number of carbonyl (C=O) groups is 4. The van der Waals surface area contributed by atoms with Crippen LogP contribution in [0.3, 0.4) is 0 Å². The Morgan fingerprint density at radius 3 is 2.50 bits per heavy atom. The van der Waals surface area contributed by atoms with E-state index in [4.69, 9.17) is 14.6 Å². The average Bonchev–Trinajstić information content (AvgIpc) is 2.85. The molecule has 1 aliphatic carbocycles. The number of methoxy groups -OCH3 is 1. The number of carboxylic acids is 1. The molecule has 0 fully saturated rings. The predicted octanol–water partition coefficient (Wildman–Crippen LogP) is 0.753. The molecule has 0 radical (unpaired) electrons. The maximum absolute atomic E-state index is 11.9. The number of aliphatic carboxylic acids is 1. The van der Waals surface area contributed by atoms with Crippen LogP contribution in [0.2, 0.25) is 0 Å². The number of imide groups is 1. The third kappa shape index (κ3) is 4.31. The van der Waals surface area contributed by atoms with Crippen molar-refractivity contribution >= 4 is 23.8 Å². The highest BCUT2D eigenvalue weighted by molar-refractivity contribution is 6.13. The van der Waals surface area contributed by atoms with Crippen LogP contribution in [0.1, 0.15) is 19.3 Å². The fraction of sp³-hybridized carbons (Fsp3) is 0.375. The SMILES string of the molecule is COC1=CC(CC(=O)O)CC=C1OC(=O)CCN1C(=O)C=CC1=O. The largest absolute Gasteiger partial charge is 0.493 e. The van der Waals surface area contributed by atoms with Gasteiger partial charge in [-0.25, -0.2) is 0 Å². The molecule has 0 spiro atoms. The summed E-state index contributed by atoms with van der Waals surface area (Å²) in [6, 6.07) is 0. The monoisotopic (exact) mass is 335 g/mol. The fourth-order valence-electron chi connectivity index (χ4n) is 2.38. The third-order valence-corrected chi connectivity index (χ3v) is 3.56. The molecule has 0 bridgehead atoms. The minimum Gasteiger partial charge on any atom is -0.493 e. The summed E-state index contributed by atoms with van der Waals surface area (Å²) >= 11 is 0. The fourth-order valence-corrected chi connectivity index (χ4v) is 2.38. The Bertz CT molecular complexity index is 641. The lowest BCUT2D eigenvalue weighted by molar-refractivity contribution is -0.142. The molecule has 0 aromatic rings. The summed E-state index contributed by atoms with van der Waals surface area (Å²) in [5.74, 6) is -2.19. The summed E-state index contributed by atoms with van der Waals surface area (Å²) in [6.45, 7) is -0.0650. The summed E-state index contributed by atoms with van der Waals surface area (Å²) in [5, 5.41) is 8.81. The zero-order valence-electron chi connectivity index (χ0n) is 13.1. The van der Waals surface area contributed by atoms with Crippen molar-refractivity contribution in [3.63, 3.8) is 0 Å². The number of carbonyl (C=O) groups excluding carboxylic acids is 3. The van der Waals surface area contributed by atoms with Crippen LogP contribution in [0, 0.1) is 5.92 Å². The first kappa shape index (κ1) is 17.5. The van der Waals surface area contributed by atoms with Crippen LogP contribution < -0.4 is 0 Å². The maximum atomic E-state index is 11.9. The highest BCUT2D eigenvalue weighted by atomic mass is 16.6. The van der Waals surface area contributed by atoms with Gasteiger partial charge in [-0.05, 0) is 24.5 Å². The van der Waals surface area contributed by atoms with Crippen LogP contribution in [0.25, 0.3) is 0 Å². The van der Waals surface area contributed by atoms with Gasteiger partial charge in [-0.1, -0.05) is 0 Å². The first-order chi connectivity index (χ1) is 11.4. The Labute approximate surface area is 138 Å². The number of hydrogen-bond donors (Lipinski definition) is 1. The van der Waals surface area contributed by atoms with E-state index in [0.717, 1.165) is 17.1 Å². The molecule has 0 aromatic heterocycles. The van der Waals surface area contributed by atoms with Gasteiger partial charge < -0.3 is 14.6 Å². The lowest BCUT2D eigenvalue weighted by Gasteiger charge is -2.20. The van der Waals surface area contributed by atoms with Crippen molar-refractivity contribution in [2.24, 2.45) is 5.92 Å². The number of esters is 1. The molecular formula is C16H17NO7. The van der Waals surface area contributed by atoms with E-state index in [9.17, 15) is 19.2 Å². The molecule has 1 unspecified atom stereocenters. The van der Waals surface area contributed by atoms with Crippen LogP contribution in [0.5, 0.6) is 0 Å². The Balaban J connectivity index is 1.88. The Hall–Kier alpha value is -2.90. The van der Waals surface area contributed by atoms with Crippen molar-refractivity contribution in [3.05, 3.63) is 35.8 Å².